The molecule has 0 spiro atoms. The Bertz CT molecular complexity index is 1150. The zero-order valence-electron chi connectivity index (χ0n) is 13.8. The molecule has 0 amide bonds. The molecule has 3 heterocycles. The van der Waals surface area contributed by atoms with E-state index in [0.29, 0.717) is 28.3 Å². The van der Waals surface area contributed by atoms with Crippen molar-refractivity contribution in [3.63, 3.8) is 0 Å². The second-order valence-electron chi connectivity index (χ2n) is 5.86. The van der Waals surface area contributed by atoms with Crippen molar-refractivity contribution in [1.82, 2.24) is 9.55 Å². The van der Waals surface area contributed by atoms with Gasteiger partial charge in [-0.1, -0.05) is 12.1 Å². The van der Waals surface area contributed by atoms with E-state index in [1.54, 1.807) is 36.0 Å². The molecule has 0 saturated carbocycles. The third-order valence-corrected chi connectivity index (χ3v) is 5.09. The number of aromatic carboxylic acids is 1. The van der Waals surface area contributed by atoms with Crippen LogP contribution in [0.15, 0.2) is 57.3 Å². The highest BCUT2D eigenvalue weighted by Gasteiger charge is 2.17. The molecule has 0 aliphatic rings. The van der Waals surface area contributed by atoms with Gasteiger partial charge in [-0.05, 0) is 36.8 Å². The second-order valence-corrected chi connectivity index (χ2v) is 6.72. The van der Waals surface area contributed by atoms with Crippen LogP contribution in [0, 0.1) is 6.92 Å². The SMILES string of the molecule is Cc1nc2scc(-c3ccco3)c2c(=O)n1Cc1ccc(C(=O)O)cc1. The number of hydrogen-bond donors (Lipinski definition) is 1. The number of thiophene rings is 1. The minimum Gasteiger partial charge on any atom is -0.478 e. The molecule has 0 saturated heterocycles. The topological polar surface area (TPSA) is 85.3 Å². The van der Waals surface area contributed by atoms with Crippen LogP contribution < -0.4 is 5.56 Å². The number of aromatic nitrogens is 2. The largest absolute Gasteiger partial charge is 0.478 e. The molecular weight excluding hydrogens is 352 g/mol. The number of benzene rings is 1. The molecule has 0 atom stereocenters. The van der Waals surface area contributed by atoms with Crippen LogP contribution in [-0.2, 0) is 6.54 Å². The first-order valence-electron chi connectivity index (χ1n) is 7.89. The molecular formula is C19H14N2O4S. The first-order valence-corrected chi connectivity index (χ1v) is 8.77. The Morgan fingerprint density at radius 3 is 2.69 bits per heavy atom. The highest BCUT2D eigenvalue weighted by atomic mass is 32.1. The molecule has 1 aromatic carbocycles. The van der Waals surface area contributed by atoms with Gasteiger partial charge in [0.15, 0.2) is 0 Å². The first kappa shape index (κ1) is 16.3. The van der Waals surface area contributed by atoms with Gasteiger partial charge in [-0.3, -0.25) is 9.36 Å². The van der Waals surface area contributed by atoms with Crippen molar-refractivity contribution in [3.05, 3.63) is 75.3 Å². The van der Waals surface area contributed by atoms with Gasteiger partial charge in [-0.25, -0.2) is 9.78 Å². The maximum atomic E-state index is 13.1. The average molecular weight is 366 g/mol. The molecule has 0 fully saturated rings. The first-order chi connectivity index (χ1) is 12.5. The zero-order valence-corrected chi connectivity index (χ0v) is 14.6. The number of carboxylic acid groups (broad SMARTS) is 1. The van der Waals surface area contributed by atoms with Crippen molar-refractivity contribution in [2.75, 3.05) is 0 Å². The summed E-state index contributed by atoms with van der Waals surface area (Å²) in [7, 11) is 0. The monoisotopic (exact) mass is 366 g/mol. The Morgan fingerprint density at radius 1 is 1.27 bits per heavy atom. The summed E-state index contributed by atoms with van der Waals surface area (Å²) in [5.74, 6) is 0.267. The number of carboxylic acids is 1. The number of carbonyl (C=O) groups is 1. The van der Waals surface area contributed by atoms with E-state index in [1.807, 2.05) is 11.4 Å². The van der Waals surface area contributed by atoms with Crippen LogP contribution >= 0.6 is 11.3 Å². The van der Waals surface area contributed by atoms with Crippen LogP contribution in [0.4, 0.5) is 0 Å². The van der Waals surface area contributed by atoms with Crippen molar-refractivity contribution >= 4 is 27.5 Å². The second kappa shape index (κ2) is 6.27. The van der Waals surface area contributed by atoms with Crippen LogP contribution in [0.1, 0.15) is 21.7 Å². The van der Waals surface area contributed by atoms with Crippen molar-refractivity contribution < 1.29 is 14.3 Å². The lowest BCUT2D eigenvalue weighted by atomic mass is 10.1. The van der Waals surface area contributed by atoms with Gasteiger partial charge >= 0.3 is 5.97 Å². The Kier molecular flexibility index (Phi) is 3.93. The van der Waals surface area contributed by atoms with Crippen molar-refractivity contribution in [3.8, 4) is 11.3 Å². The van der Waals surface area contributed by atoms with Crippen molar-refractivity contribution in [2.24, 2.45) is 0 Å². The van der Waals surface area contributed by atoms with Gasteiger partial charge in [0, 0.05) is 10.9 Å². The van der Waals surface area contributed by atoms with Gasteiger partial charge in [-0.2, -0.15) is 0 Å². The van der Waals surface area contributed by atoms with Crippen molar-refractivity contribution in [2.45, 2.75) is 13.5 Å². The number of nitrogens with zero attached hydrogens (tertiary/aromatic N) is 2. The normalized spacial score (nSPS) is 11.1. The van der Waals surface area contributed by atoms with Gasteiger partial charge in [0.1, 0.15) is 16.4 Å². The highest BCUT2D eigenvalue weighted by molar-refractivity contribution is 7.17. The number of aryl methyl sites for hydroxylation is 1. The third-order valence-electron chi connectivity index (χ3n) is 4.21. The molecule has 4 rings (SSSR count). The van der Waals surface area contributed by atoms with Gasteiger partial charge < -0.3 is 9.52 Å². The zero-order chi connectivity index (χ0) is 18.3. The van der Waals surface area contributed by atoms with Gasteiger partial charge in [0.25, 0.3) is 5.56 Å². The quantitative estimate of drug-likeness (QED) is 0.594. The minimum absolute atomic E-state index is 0.137. The Labute approximate surface area is 152 Å². The van der Waals surface area contributed by atoms with Crippen LogP contribution in [0.3, 0.4) is 0 Å². The molecule has 3 aromatic heterocycles. The summed E-state index contributed by atoms with van der Waals surface area (Å²) < 4.78 is 7.03. The summed E-state index contributed by atoms with van der Waals surface area (Å²) in [5, 5.41) is 11.4. The molecule has 0 aliphatic carbocycles. The number of fused-ring (bicyclic) bond motifs is 1. The molecule has 0 aliphatic heterocycles. The van der Waals surface area contributed by atoms with E-state index in [4.69, 9.17) is 9.52 Å². The summed E-state index contributed by atoms with van der Waals surface area (Å²) >= 11 is 1.41. The van der Waals surface area contributed by atoms with E-state index in [1.165, 1.54) is 23.5 Å². The molecule has 6 nitrogen and oxygen atoms in total. The lowest BCUT2D eigenvalue weighted by Crippen LogP contribution is -2.24. The number of rotatable bonds is 4. The standard InChI is InChI=1S/C19H14N2O4S/c1-11-20-17-16(14(10-26-17)15-3-2-8-25-15)18(22)21(11)9-12-4-6-13(7-5-12)19(23)24/h2-8,10H,9H2,1H3,(H,23,24). The lowest BCUT2D eigenvalue weighted by Gasteiger charge is -2.10. The predicted molar refractivity (Wildman–Crippen MR) is 98.8 cm³/mol. The summed E-state index contributed by atoms with van der Waals surface area (Å²) in [6.45, 7) is 2.11. The van der Waals surface area contributed by atoms with Crippen LogP contribution in [0.25, 0.3) is 21.5 Å². The summed E-state index contributed by atoms with van der Waals surface area (Å²) in [6, 6.07) is 10.1. The fourth-order valence-corrected chi connectivity index (χ4v) is 3.82. The van der Waals surface area contributed by atoms with E-state index < -0.39 is 5.97 Å². The smallest absolute Gasteiger partial charge is 0.335 e. The molecule has 0 unspecified atom stereocenters. The molecule has 130 valence electrons. The van der Waals surface area contributed by atoms with Crippen LogP contribution in [0.2, 0.25) is 0 Å². The van der Waals surface area contributed by atoms with E-state index in [-0.39, 0.29) is 11.1 Å². The number of furan rings is 1. The molecule has 1 N–H and O–H groups in total. The maximum absolute atomic E-state index is 13.1. The Morgan fingerprint density at radius 2 is 2.04 bits per heavy atom. The minimum atomic E-state index is -0.977. The average Bonchev–Trinajstić information content (AvgIpc) is 3.28. The molecule has 7 heteroatoms. The predicted octanol–water partition coefficient (Wildman–Crippen LogP) is 3.77. The molecule has 0 bridgehead atoms. The Hall–Kier alpha value is -3.19. The lowest BCUT2D eigenvalue weighted by molar-refractivity contribution is 0.0697. The van der Waals surface area contributed by atoms with Gasteiger partial charge in [0.05, 0.1) is 23.8 Å². The fourth-order valence-electron chi connectivity index (χ4n) is 2.86. The third kappa shape index (κ3) is 2.72. The Balaban J connectivity index is 1.81. The molecule has 26 heavy (non-hydrogen) atoms. The van der Waals surface area contributed by atoms with E-state index in [9.17, 15) is 9.59 Å². The van der Waals surface area contributed by atoms with E-state index >= 15 is 0 Å². The fraction of sp³-hybridized carbons (Fsp3) is 0.105. The summed E-state index contributed by atoms with van der Waals surface area (Å²) in [6.07, 6.45) is 1.57. The van der Waals surface area contributed by atoms with Crippen LogP contribution in [0.5, 0.6) is 0 Å². The molecule has 4 aromatic rings. The maximum Gasteiger partial charge on any atom is 0.335 e. The highest BCUT2D eigenvalue weighted by Crippen LogP contribution is 2.31. The molecule has 0 radical (unpaired) electrons. The van der Waals surface area contributed by atoms with Crippen molar-refractivity contribution in [1.29, 1.82) is 0 Å². The summed E-state index contributed by atoms with van der Waals surface area (Å²) in [5.41, 5.74) is 1.64. The van der Waals surface area contributed by atoms with Gasteiger partial charge in [-0.15, -0.1) is 11.3 Å². The van der Waals surface area contributed by atoms with Gasteiger partial charge in [0.2, 0.25) is 0 Å². The summed E-state index contributed by atoms with van der Waals surface area (Å²) in [4.78, 5) is 29.3. The van der Waals surface area contributed by atoms with E-state index in [0.717, 1.165) is 11.1 Å². The number of hydrogen-bond acceptors (Lipinski definition) is 5. The van der Waals surface area contributed by atoms with E-state index in [2.05, 4.69) is 4.98 Å². The van der Waals surface area contributed by atoms with Crippen LogP contribution in [-0.4, -0.2) is 20.6 Å².